The molecule has 0 bridgehead atoms. The normalized spacial score (nSPS) is 12.2. The minimum Gasteiger partial charge on any atom is -0.478 e. The van der Waals surface area contributed by atoms with E-state index in [9.17, 15) is 4.79 Å². The molecular weight excluding hydrogens is 282 g/mol. The van der Waals surface area contributed by atoms with Gasteiger partial charge in [-0.3, -0.25) is 0 Å². The van der Waals surface area contributed by atoms with Crippen molar-refractivity contribution in [3.05, 3.63) is 28.2 Å². The van der Waals surface area contributed by atoms with Gasteiger partial charge in [0, 0.05) is 16.2 Å². The van der Waals surface area contributed by atoms with E-state index < -0.39 is 5.97 Å². The third kappa shape index (κ3) is 4.38. The minimum atomic E-state index is -0.905. The maximum Gasteiger partial charge on any atom is 0.335 e. The molecule has 17 heavy (non-hydrogen) atoms. The molecule has 0 aromatic heterocycles. The van der Waals surface area contributed by atoms with Gasteiger partial charge in [-0.2, -0.15) is 0 Å². The smallest absolute Gasteiger partial charge is 0.335 e. The van der Waals surface area contributed by atoms with Crippen molar-refractivity contribution in [2.45, 2.75) is 39.2 Å². The summed E-state index contributed by atoms with van der Waals surface area (Å²) in [5.74, 6) is -0.905. The summed E-state index contributed by atoms with van der Waals surface area (Å²) in [6, 6.07) is 5.58. The fraction of sp³-hybridized carbons (Fsp3) is 0.462. The number of carbonyl (C=O) groups is 1. The largest absolute Gasteiger partial charge is 0.478 e. The molecule has 3 nitrogen and oxygen atoms in total. The zero-order valence-electron chi connectivity index (χ0n) is 10.2. The van der Waals surface area contributed by atoms with Gasteiger partial charge in [0.25, 0.3) is 0 Å². The number of hydrogen-bond donors (Lipinski definition) is 2. The molecule has 1 aromatic rings. The lowest BCUT2D eigenvalue weighted by molar-refractivity contribution is 0.0697. The van der Waals surface area contributed by atoms with E-state index in [1.165, 1.54) is 0 Å². The van der Waals surface area contributed by atoms with Gasteiger partial charge in [0.15, 0.2) is 0 Å². The van der Waals surface area contributed by atoms with Crippen molar-refractivity contribution >= 4 is 27.6 Å². The molecule has 0 saturated carbocycles. The molecule has 1 rings (SSSR count). The highest BCUT2D eigenvalue weighted by Gasteiger charge is 2.09. The number of anilines is 1. The van der Waals surface area contributed by atoms with Crippen LogP contribution < -0.4 is 5.32 Å². The molecule has 1 unspecified atom stereocenters. The van der Waals surface area contributed by atoms with E-state index in [4.69, 9.17) is 5.11 Å². The lowest BCUT2D eigenvalue weighted by Gasteiger charge is -2.18. The van der Waals surface area contributed by atoms with Crippen LogP contribution in [0, 0.1) is 0 Å². The first-order chi connectivity index (χ1) is 8.06. The van der Waals surface area contributed by atoms with Gasteiger partial charge in [0.05, 0.1) is 5.56 Å². The summed E-state index contributed by atoms with van der Waals surface area (Å²) in [4.78, 5) is 10.9. The number of halogens is 1. The van der Waals surface area contributed by atoms with Crippen molar-refractivity contribution in [3.63, 3.8) is 0 Å². The Kier molecular flexibility index (Phi) is 5.48. The fourth-order valence-corrected chi connectivity index (χ4v) is 2.25. The first kappa shape index (κ1) is 14.0. The average Bonchev–Trinajstić information content (AvgIpc) is 2.27. The summed E-state index contributed by atoms with van der Waals surface area (Å²) in [6.07, 6.45) is 3.24. The number of aromatic carboxylic acids is 1. The van der Waals surface area contributed by atoms with E-state index in [2.05, 4.69) is 35.1 Å². The maximum absolute atomic E-state index is 10.9. The summed E-state index contributed by atoms with van der Waals surface area (Å²) < 4.78 is 0.784. The van der Waals surface area contributed by atoms with Crippen LogP contribution in [0.3, 0.4) is 0 Å². The van der Waals surface area contributed by atoms with Gasteiger partial charge in [0.1, 0.15) is 0 Å². The predicted molar refractivity (Wildman–Crippen MR) is 73.7 cm³/mol. The Bertz CT molecular complexity index is 393. The van der Waals surface area contributed by atoms with Crippen LogP contribution in [0.1, 0.15) is 43.5 Å². The van der Waals surface area contributed by atoms with Gasteiger partial charge in [-0.1, -0.05) is 36.2 Å². The number of benzene rings is 1. The molecule has 0 radical (unpaired) electrons. The fourth-order valence-electron chi connectivity index (χ4n) is 1.76. The van der Waals surface area contributed by atoms with Crippen LogP contribution in [0.15, 0.2) is 22.7 Å². The van der Waals surface area contributed by atoms with Crippen molar-refractivity contribution in [2.24, 2.45) is 0 Å². The molecule has 0 aliphatic carbocycles. The molecule has 0 amide bonds. The second-order valence-electron chi connectivity index (χ2n) is 4.07. The molecule has 4 heteroatoms. The first-order valence-electron chi connectivity index (χ1n) is 5.87. The molecule has 0 saturated heterocycles. The van der Waals surface area contributed by atoms with Crippen molar-refractivity contribution in [2.75, 3.05) is 5.32 Å². The third-order valence-electron chi connectivity index (χ3n) is 2.65. The molecule has 0 spiro atoms. The van der Waals surface area contributed by atoms with Gasteiger partial charge < -0.3 is 10.4 Å². The molecule has 1 atom stereocenters. The molecule has 0 fully saturated rings. The van der Waals surface area contributed by atoms with Gasteiger partial charge in [-0.25, -0.2) is 4.79 Å². The molecule has 0 aliphatic rings. The van der Waals surface area contributed by atoms with Crippen LogP contribution in [-0.2, 0) is 0 Å². The Morgan fingerprint density at radius 3 is 2.65 bits per heavy atom. The number of carboxylic acids is 1. The highest BCUT2D eigenvalue weighted by molar-refractivity contribution is 9.10. The van der Waals surface area contributed by atoms with E-state index >= 15 is 0 Å². The zero-order valence-corrected chi connectivity index (χ0v) is 11.8. The monoisotopic (exact) mass is 299 g/mol. The summed E-state index contributed by atoms with van der Waals surface area (Å²) in [7, 11) is 0. The third-order valence-corrected chi connectivity index (χ3v) is 3.10. The second kappa shape index (κ2) is 6.64. The van der Waals surface area contributed by atoms with E-state index in [0.29, 0.717) is 11.6 Å². The van der Waals surface area contributed by atoms with Crippen LogP contribution in [0.25, 0.3) is 0 Å². The Labute approximate surface area is 110 Å². The quantitative estimate of drug-likeness (QED) is 0.830. The van der Waals surface area contributed by atoms with Crippen LogP contribution in [-0.4, -0.2) is 17.1 Å². The lowest BCUT2D eigenvalue weighted by Crippen LogP contribution is -2.18. The SMILES string of the molecule is CCCC(CC)Nc1cc(Br)cc(C(=O)O)c1. The molecule has 0 heterocycles. The summed E-state index contributed by atoms with van der Waals surface area (Å²) in [6.45, 7) is 4.28. The Balaban J connectivity index is 2.86. The standard InChI is InChI=1S/C13H18BrNO2/c1-3-5-11(4-2)15-12-7-9(13(16)17)6-10(14)8-12/h6-8,11,15H,3-5H2,1-2H3,(H,16,17). The van der Waals surface area contributed by atoms with Crippen molar-refractivity contribution < 1.29 is 9.90 Å². The summed E-state index contributed by atoms with van der Waals surface area (Å²) >= 11 is 3.33. The van der Waals surface area contributed by atoms with Crippen LogP contribution in [0.5, 0.6) is 0 Å². The summed E-state index contributed by atoms with van der Waals surface area (Å²) in [5, 5.41) is 12.4. The minimum absolute atomic E-state index is 0.299. The number of hydrogen-bond acceptors (Lipinski definition) is 2. The zero-order chi connectivity index (χ0) is 12.8. The maximum atomic E-state index is 10.9. The van der Waals surface area contributed by atoms with Crippen molar-refractivity contribution in [1.29, 1.82) is 0 Å². The van der Waals surface area contributed by atoms with Crippen molar-refractivity contribution in [1.82, 2.24) is 0 Å². The Morgan fingerprint density at radius 1 is 1.41 bits per heavy atom. The highest BCUT2D eigenvalue weighted by Crippen LogP contribution is 2.21. The average molecular weight is 300 g/mol. The van der Waals surface area contributed by atoms with E-state index in [-0.39, 0.29) is 0 Å². The van der Waals surface area contributed by atoms with Gasteiger partial charge in [-0.05, 0) is 31.0 Å². The molecular formula is C13H18BrNO2. The van der Waals surface area contributed by atoms with Gasteiger partial charge in [-0.15, -0.1) is 0 Å². The van der Waals surface area contributed by atoms with E-state index in [1.807, 2.05) is 6.07 Å². The van der Waals surface area contributed by atoms with Crippen LogP contribution >= 0.6 is 15.9 Å². The van der Waals surface area contributed by atoms with Crippen LogP contribution in [0.4, 0.5) is 5.69 Å². The predicted octanol–water partition coefficient (Wildman–Crippen LogP) is 4.14. The Hall–Kier alpha value is -1.03. The number of nitrogens with one attached hydrogen (secondary N) is 1. The first-order valence-corrected chi connectivity index (χ1v) is 6.66. The second-order valence-corrected chi connectivity index (χ2v) is 4.99. The number of rotatable bonds is 6. The highest BCUT2D eigenvalue weighted by atomic mass is 79.9. The molecule has 2 N–H and O–H groups in total. The molecule has 1 aromatic carbocycles. The van der Waals surface area contributed by atoms with Crippen LogP contribution in [0.2, 0.25) is 0 Å². The van der Waals surface area contributed by atoms with Gasteiger partial charge >= 0.3 is 5.97 Å². The van der Waals surface area contributed by atoms with Crippen molar-refractivity contribution in [3.8, 4) is 0 Å². The topological polar surface area (TPSA) is 49.3 Å². The van der Waals surface area contributed by atoms with E-state index in [1.54, 1.807) is 12.1 Å². The summed E-state index contributed by atoms with van der Waals surface area (Å²) in [5.41, 5.74) is 1.16. The number of carboxylic acid groups (broad SMARTS) is 1. The lowest BCUT2D eigenvalue weighted by atomic mass is 10.1. The van der Waals surface area contributed by atoms with E-state index in [0.717, 1.165) is 29.4 Å². The Morgan fingerprint density at radius 2 is 2.12 bits per heavy atom. The van der Waals surface area contributed by atoms with Gasteiger partial charge in [0.2, 0.25) is 0 Å². The molecule has 94 valence electrons. The molecule has 0 aliphatic heterocycles.